The molecule has 1 aliphatic carbocycles. The molecule has 1 heterocycles. The van der Waals surface area contributed by atoms with E-state index in [0.717, 1.165) is 11.0 Å². The molecule has 1 aromatic carbocycles. The number of ether oxygens (including phenoxy) is 1. The summed E-state index contributed by atoms with van der Waals surface area (Å²) in [6, 6.07) is 6.46. The Hall–Kier alpha value is -0.540. The molecule has 1 saturated heterocycles. The van der Waals surface area contributed by atoms with Gasteiger partial charge in [-0.15, -0.1) is 0 Å². The fourth-order valence-electron chi connectivity index (χ4n) is 3.67. The number of halogens is 1. The number of benzene rings is 1. The normalized spacial score (nSPS) is 25.0. The van der Waals surface area contributed by atoms with Crippen LogP contribution in [0.1, 0.15) is 50.5 Å². The highest BCUT2D eigenvalue weighted by atomic mass is 79.9. The molecule has 0 bridgehead atoms. The molecule has 1 spiro atoms. The van der Waals surface area contributed by atoms with Gasteiger partial charge in [-0.2, -0.15) is 0 Å². The molecule has 20 heavy (non-hydrogen) atoms. The number of aryl methyl sites for hydroxylation is 1. The lowest BCUT2D eigenvalue weighted by molar-refractivity contribution is -0.0588. The first-order valence-electron chi connectivity index (χ1n) is 7.84. The maximum Gasteiger partial charge on any atom is 0.0756 e. The van der Waals surface area contributed by atoms with Crippen LogP contribution in [0.3, 0.4) is 0 Å². The van der Waals surface area contributed by atoms with Gasteiger partial charge in [0.1, 0.15) is 0 Å². The van der Waals surface area contributed by atoms with Crippen molar-refractivity contribution in [2.24, 2.45) is 0 Å². The molecule has 0 amide bonds. The third-order valence-corrected chi connectivity index (χ3v) is 5.14. The largest absolute Gasteiger partial charge is 0.382 e. The average molecular weight is 338 g/mol. The van der Waals surface area contributed by atoms with E-state index >= 15 is 0 Å². The van der Waals surface area contributed by atoms with E-state index in [9.17, 15) is 0 Å². The molecule has 0 aromatic heterocycles. The van der Waals surface area contributed by atoms with Gasteiger partial charge in [0.25, 0.3) is 0 Å². The molecule has 2 aliphatic rings. The van der Waals surface area contributed by atoms with Crippen LogP contribution in [0.25, 0.3) is 0 Å². The Morgan fingerprint density at radius 3 is 2.75 bits per heavy atom. The van der Waals surface area contributed by atoms with Gasteiger partial charge < -0.3 is 10.1 Å². The second-order valence-corrected chi connectivity index (χ2v) is 7.34. The van der Waals surface area contributed by atoms with E-state index in [-0.39, 0.29) is 5.60 Å². The first-order chi connectivity index (χ1) is 9.65. The van der Waals surface area contributed by atoms with E-state index in [2.05, 4.69) is 46.4 Å². The molecule has 1 aromatic rings. The Morgan fingerprint density at radius 2 is 2.00 bits per heavy atom. The van der Waals surface area contributed by atoms with E-state index in [4.69, 9.17) is 4.74 Å². The molecule has 0 radical (unpaired) electrons. The molecule has 3 heteroatoms. The molecule has 2 fully saturated rings. The molecule has 1 N–H and O–H groups in total. The predicted molar refractivity (Wildman–Crippen MR) is 87.3 cm³/mol. The number of nitrogens with one attached hydrogen (secondary N) is 1. The smallest absolute Gasteiger partial charge is 0.0756 e. The summed E-state index contributed by atoms with van der Waals surface area (Å²) in [6.45, 7) is 3.05. The van der Waals surface area contributed by atoms with Gasteiger partial charge in [-0.3, -0.25) is 0 Å². The van der Waals surface area contributed by atoms with Crippen LogP contribution in [-0.4, -0.2) is 18.2 Å². The Labute approximate surface area is 130 Å². The van der Waals surface area contributed by atoms with E-state index < -0.39 is 0 Å². The van der Waals surface area contributed by atoms with Crippen LogP contribution in [-0.2, 0) is 4.74 Å². The standard InChI is InChI=1S/C17H24BrNO/c1-13-9-14(18)11-15(10-13)19-12-16-5-8-17(20-16)6-3-2-4-7-17/h9-11,16,19H,2-8,12H2,1H3. The zero-order chi connectivity index (χ0) is 14.0. The monoisotopic (exact) mass is 337 g/mol. The molecule has 110 valence electrons. The van der Waals surface area contributed by atoms with Crippen LogP contribution in [0.15, 0.2) is 22.7 Å². The molecule has 1 aliphatic heterocycles. The summed E-state index contributed by atoms with van der Waals surface area (Å²) in [5.74, 6) is 0. The second-order valence-electron chi connectivity index (χ2n) is 6.42. The Kier molecular flexibility index (Phi) is 4.37. The van der Waals surface area contributed by atoms with Crippen molar-refractivity contribution in [3.05, 3.63) is 28.2 Å². The van der Waals surface area contributed by atoms with Gasteiger partial charge >= 0.3 is 0 Å². The molecule has 3 rings (SSSR count). The van der Waals surface area contributed by atoms with Crippen LogP contribution in [0.2, 0.25) is 0 Å². The highest BCUT2D eigenvalue weighted by Gasteiger charge is 2.40. The van der Waals surface area contributed by atoms with E-state index in [1.54, 1.807) is 0 Å². The third kappa shape index (κ3) is 3.37. The first kappa shape index (κ1) is 14.4. The van der Waals surface area contributed by atoms with Crippen LogP contribution in [0, 0.1) is 6.92 Å². The Morgan fingerprint density at radius 1 is 1.20 bits per heavy atom. The highest BCUT2D eigenvalue weighted by molar-refractivity contribution is 9.10. The van der Waals surface area contributed by atoms with Crippen molar-refractivity contribution >= 4 is 21.6 Å². The summed E-state index contributed by atoms with van der Waals surface area (Å²) in [6.07, 6.45) is 9.50. The molecule has 1 atom stereocenters. The number of rotatable bonds is 3. The lowest BCUT2D eigenvalue weighted by atomic mass is 9.83. The second kappa shape index (κ2) is 6.07. The van der Waals surface area contributed by atoms with E-state index in [1.165, 1.54) is 56.2 Å². The van der Waals surface area contributed by atoms with Crippen molar-refractivity contribution in [2.45, 2.75) is 63.6 Å². The van der Waals surface area contributed by atoms with Crippen LogP contribution in [0.5, 0.6) is 0 Å². The number of hydrogen-bond donors (Lipinski definition) is 1. The molecule has 1 unspecified atom stereocenters. The van der Waals surface area contributed by atoms with Crippen molar-refractivity contribution in [3.8, 4) is 0 Å². The lowest BCUT2D eigenvalue weighted by Gasteiger charge is -2.33. The third-order valence-electron chi connectivity index (χ3n) is 4.68. The molecular weight excluding hydrogens is 314 g/mol. The quantitative estimate of drug-likeness (QED) is 0.833. The Balaban J connectivity index is 1.54. The maximum atomic E-state index is 6.40. The van der Waals surface area contributed by atoms with Crippen molar-refractivity contribution in [1.82, 2.24) is 0 Å². The van der Waals surface area contributed by atoms with Gasteiger partial charge in [-0.05, 0) is 56.4 Å². The number of anilines is 1. The summed E-state index contributed by atoms with van der Waals surface area (Å²) in [5, 5.41) is 3.54. The van der Waals surface area contributed by atoms with Gasteiger partial charge in [0, 0.05) is 16.7 Å². The number of hydrogen-bond acceptors (Lipinski definition) is 2. The SMILES string of the molecule is Cc1cc(Br)cc(NCC2CCC3(CCCCC3)O2)c1. The van der Waals surface area contributed by atoms with Gasteiger partial charge in [0.15, 0.2) is 0 Å². The van der Waals surface area contributed by atoms with Crippen molar-refractivity contribution in [3.63, 3.8) is 0 Å². The van der Waals surface area contributed by atoms with Gasteiger partial charge in [-0.25, -0.2) is 0 Å². The van der Waals surface area contributed by atoms with E-state index in [0.29, 0.717) is 6.10 Å². The molecule has 2 nitrogen and oxygen atoms in total. The fraction of sp³-hybridized carbons (Fsp3) is 0.647. The minimum atomic E-state index is 0.234. The van der Waals surface area contributed by atoms with Crippen molar-refractivity contribution < 1.29 is 4.74 Å². The lowest BCUT2D eigenvalue weighted by Crippen LogP contribution is -2.33. The zero-order valence-electron chi connectivity index (χ0n) is 12.3. The Bertz CT molecular complexity index is 448. The van der Waals surface area contributed by atoms with Crippen molar-refractivity contribution in [2.75, 3.05) is 11.9 Å². The first-order valence-corrected chi connectivity index (χ1v) is 8.63. The summed E-state index contributed by atoms with van der Waals surface area (Å²) in [4.78, 5) is 0. The summed E-state index contributed by atoms with van der Waals surface area (Å²) >= 11 is 3.55. The van der Waals surface area contributed by atoms with Crippen LogP contribution >= 0.6 is 15.9 Å². The molecular formula is C17H24BrNO. The van der Waals surface area contributed by atoms with Gasteiger partial charge in [-0.1, -0.05) is 35.2 Å². The summed E-state index contributed by atoms with van der Waals surface area (Å²) < 4.78 is 7.53. The topological polar surface area (TPSA) is 21.3 Å². The zero-order valence-corrected chi connectivity index (χ0v) is 13.8. The fourth-order valence-corrected chi connectivity index (χ4v) is 4.28. The molecule has 1 saturated carbocycles. The van der Waals surface area contributed by atoms with Crippen LogP contribution < -0.4 is 5.32 Å². The predicted octanol–water partition coefficient (Wildman–Crippen LogP) is 5.05. The highest BCUT2D eigenvalue weighted by Crippen LogP contribution is 2.41. The van der Waals surface area contributed by atoms with Crippen molar-refractivity contribution in [1.29, 1.82) is 0 Å². The summed E-state index contributed by atoms with van der Waals surface area (Å²) in [7, 11) is 0. The maximum absolute atomic E-state index is 6.40. The average Bonchev–Trinajstić information content (AvgIpc) is 2.79. The van der Waals surface area contributed by atoms with E-state index in [1.807, 2.05) is 0 Å². The van der Waals surface area contributed by atoms with Crippen LogP contribution in [0.4, 0.5) is 5.69 Å². The minimum Gasteiger partial charge on any atom is -0.382 e. The minimum absolute atomic E-state index is 0.234. The van der Waals surface area contributed by atoms with Gasteiger partial charge in [0.05, 0.1) is 11.7 Å². The van der Waals surface area contributed by atoms with Gasteiger partial charge in [0.2, 0.25) is 0 Å². The summed E-state index contributed by atoms with van der Waals surface area (Å²) in [5.41, 5.74) is 2.70.